The number of ether oxygens (including phenoxy) is 1. The zero-order chi connectivity index (χ0) is 17.1. The van der Waals surface area contributed by atoms with Crippen molar-refractivity contribution in [2.45, 2.75) is 6.61 Å². The Morgan fingerprint density at radius 3 is 2.44 bits per heavy atom. The van der Waals surface area contributed by atoms with Gasteiger partial charge in [-0.05, 0) is 48.5 Å². The van der Waals surface area contributed by atoms with Gasteiger partial charge in [0.1, 0.15) is 5.75 Å². The molecule has 0 unspecified atom stereocenters. The van der Waals surface area contributed by atoms with Crippen LogP contribution >= 0.6 is 11.6 Å². The molecule has 7 heteroatoms. The Morgan fingerprint density at radius 1 is 0.960 bits per heavy atom. The Bertz CT molecular complexity index is 948. The minimum absolute atomic E-state index is 0.230. The molecule has 0 aliphatic heterocycles. The Morgan fingerprint density at radius 2 is 1.72 bits per heavy atom. The van der Waals surface area contributed by atoms with Crippen molar-refractivity contribution >= 4 is 11.6 Å². The Kier molecular flexibility index (Phi) is 4.18. The van der Waals surface area contributed by atoms with Crippen LogP contribution in [0.4, 0.5) is 0 Å². The lowest BCUT2D eigenvalue weighted by Gasteiger charge is -2.04. The zero-order valence-electron chi connectivity index (χ0n) is 12.9. The van der Waals surface area contributed by atoms with Crippen LogP contribution in [-0.4, -0.2) is 15.2 Å². The molecular formula is C18H12ClN3O3. The summed E-state index contributed by atoms with van der Waals surface area (Å²) >= 11 is 5.89. The number of oxazole rings is 1. The SMILES string of the molecule is Clc1ccc(-c2cnc(COc3ccc(-c4nnco4)cc3)o2)cc1. The normalized spacial score (nSPS) is 10.8. The first kappa shape index (κ1) is 15.4. The third-order valence-corrected chi connectivity index (χ3v) is 3.76. The molecule has 0 saturated heterocycles. The van der Waals surface area contributed by atoms with E-state index in [2.05, 4.69) is 15.2 Å². The molecule has 4 aromatic rings. The minimum atomic E-state index is 0.230. The average molecular weight is 354 g/mol. The number of halogens is 1. The molecule has 0 amide bonds. The maximum atomic E-state index is 5.89. The summed E-state index contributed by atoms with van der Waals surface area (Å²) in [7, 11) is 0. The van der Waals surface area contributed by atoms with Crippen molar-refractivity contribution < 1.29 is 13.6 Å². The predicted molar refractivity (Wildman–Crippen MR) is 91.0 cm³/mol. The summed E-state index contributed by atoms with van der Waals surface area (Å²) in [5.41, 5.74) is 1.73. The highest BCUT2D eigenvalue weighted by atomic mass is 35.5. The first-order valence-electron chi connectivity index (χ1n) is 7.48. The quantitative estimate of drug-likeness (QED) is 0.521. The predicted octanol–water partition coefficient (Wildman–Crippen LogP) is 4.62. The van der Waals surface area contributed by atoms with Gasteiger partial charge < -0.3 is 13.6 Å². The van der Waals surface area contributed by atoms with Crippen LogP contribution in [0.5, 0.6) is 5.75 Å². The fraction of sp³-hybridized carbons (Fsp3) is 0.0556. The molecule has 25 heavy (non-hydrogen) atoms. The molecule has 124 valence electrons. The highest BCUT2D eigenvalue weighted by Gasteiger charge is 2.08. The van der Waals surface area contributed by atoms with E-state index in [4.69, 9.17) is 25.2 Å². The summed E-state index contributed by atoms with van der Waals surface area (Å²) in [5, 5.41) is 8.19. The topological polar surface area (TPSA) is 74.2 Å². The lowest BCUT2D eigenvalue weighted by atomic mass is 10.2. The number of nitrogens with zero attached hydrogens (tertiary/aromatic N) is 3. The summed E-state index contributed by atoms with van der Waals surface area (Å²) in [4.78, 5) is 4.23. The number of aromatic nitrogens is 3. The molecule has 0 fully saturated rings. The van der Waals surface area contributed by atoms with Gasteiger partial charge in [0.25, 0.3) is 0 Å². The van der Waals surface area contributed by atoms with Gasteiger partial charge in [0, 0.05) is 16.1 Å². The van der Waals surface area contributed by atoms with Gasteiger partial charge in [0.2, 0.25) is 18.2 Å². The summed E-state index contributed by atoms with van der Waals surface area (Å²) < 4.78 is 16.5. The second-order valence-corrected chi connectivity index (χ2v) is 5.62. The van der Waals surface area contributed by atoms with E-state index in [0.717, 1.165) is 11.1 Å². The largest absolute Gasteiger partial charge is 0.484 e. The van der Waals surface area contributed by atoms with Crippen LogP contribution in [0.25, 0.3) is 22.8 Å². The van der Waals surface area contributed by atoms with Crippen molar-refractivity contribution in [2.75, 3.05) is 0 Å². The van der Waals surface area contributed by atoms with E-state index in [0.29, 0.717) is 28.3 Å². The molecule has 2 aromatic heterocycles. The minimum Gasteiger partial charge on any atom is -0.484 e. The molecule has 4 rings (SSSR count). The zero-order valence-corrected chi connectivity index (χ0v) is 13.7. The van der Waals surface area contributed by atoms with Crippen molar-refractivity contribution in [3.8, 4) is 28.5 Å². The summed E-state index contributed by atoms with van der Waals surface area (Å²) in [6.07, 6.45) is 2.96. The fourth-order valence-electron chi connectivity index (χ4n) is 2.26. The molecule has 2 aromatic carbocycles. The monoisotopic (exact) mass is 353 g/mol. The molecule has 0 bridgehead atoms. The van der Waals surface area contributed by atoms with E-state index >= 15 is 0 Å². The maximum Gasteiger partial charge on any atom is 0.247 e. The smallest absolute Gasteiger partial charge is 0.247 e. The summed E-state index contributed by atoms with van der Waals surface area (Å²) in [5.74, 6) is 2.31. The van der Waals surface area contributed by atoms with Gasteiger partial charge in [-0.3, -0.25) is 0 Å². The van der Waals surface area contributed by atoms with Gasteiger partial charge in [-0.25, -0.2) is 4.98 Å². The number of rotatable bonds is 5. The number of hydrogen-bond acceptors (Lipinski definition) is 6. The van der Waals surface area contributed by atoms with Crippen LogP contribution in [0, 0.1) is 0 Å². The number of benzene rings is 2. The second kappa shape index (κ2) is 6.78. The van der Waals surface area contributed by atoms with Crippen LogP contribution in [0.2, 0.25) is 5.02 Å². The molecule has 0 spiro atoms. The van der Waals surface area contributed by atoms with Gasteiger partial charge in [-0.1, -0.05) is 11.6 Å². The van der Waals surface area contributed by atoms with E-state index in [-0.39, 0.29) is 6.61 Å². The summed E-state index contributed by atoms with van der Waals surface area (Å²) in [6.45, 7) is 0.230. The average Bonchev–Trinajstić information content (AvgIpc) is 3.33. The Hall–Kier alpha value is -3.12. The van der Waals surface area contributed by atoms with E-state index < -0.39 is 0 Å². The molecule has 2 heterocycles. The second-order valence-electron chi connectivity index (χ2n) is 5.18. The van der Waals surface area contributed by atoms with Gasteiger partial charge in [-0.2, -0.15) is 0 Å². The Balaban J connectivity index is 1.41. The fourth-order valence-corrected chi connectivity index (χ4v) is 2.39. The lowest BCUT2D eigenvalue weighted by molar-refractivity contribution is 0.264. The molecule has 6 nitrogen and oxygen atoms in total. The number of hydrogen-bond donors (Lipinski definition) is 0. The highest BCUT2D eigenvalue weighted by molar-refractivity contribution is 6.30. The lowest BCUT2D eigenvalue weighted by Crippen LogP contribution is -1.95. The van der Waals surface area contributed by atoms with Crippen molar-refractivity contribution in [1.82, 2.24) is 15.2 Å². The molecule has 0 N–H and O–H groups in total. The van der Waals surface area contributed by atoms with Crippen LogP contribution < -0.4 is 4.74 Å². The molecule has 0 atom stereocenters. The van der Waals surface area contributed by atoms with Crippen LogP contribution in [0.3, 0.4) is 0 Å². The third-order valence-electron chi connectivity index (χ3n) is 3.51. The Labute approximate surface area is 148 Å². The van der Waals surface area contributed by atoms with E-state index in [1.807, 2.05) is 36.4 Å². The third kappa shape index (κ3) is 3.54. The van der Waals surface area contributed by atoms with Crippen LogP contribution in [-0.2, 0) is 6.61 Å². The van der Waals surface area contributed by atoms with E-state index in [9.17, 15) is 0 Å². The van der Waals surface area contributed by atoms with Crippen molar-refractivity contribution in [3.63, 3.8) is 0 Å². The van der Waals surface area contributed by atoms with E-state index in [1.54, 1.807) is 18.3 Å². The van der Waals surface area contributed by atoms with Crippen molar-refractivity contribution in [3.05, 3.63) is 72.0 Å². The summed E-state index contributed by atoms with van der Waals surface area (Å²) in [6, 6.07) is 14.7. The molecule has 0 aliphatic rings. The highest BCUT2D eigenvalue weighted by Crippen LogP contribution is 2.24. The van der Waals surface area contributed by atoms with Gasteiger partial charge in [-0.15, -0.1) is 10.2 Å². The van der Waals surface area contributed by atoms with Crippen LogP contribution in [0.1, 0.15) is 5.89 Å². The molecule has 0 saturated carbocycles. The van der Waals surface area contributed by atoms with Crippen LogP contribution in [0.15, 0.2) is 70.0 Å². The molecule has 0 radical (unpaired) electrons. The molecule has 0 aliphatic carbocycles. The van der Waals surface area contributed by atoms with Crippen molar-refractivity contribution in [2.24, 2.45) is 0 Å². The van der Waals surface area contributed by atoms with Crippen molar-refractivity contribution in [1.29, 1.82) is 0 Å². The van der Waals surface area contributed by atoms with Gasteiger partial charge >= 0.3 is 0 Å². The maximum absolute atomic E-state index is 5.89. The van der Waals surface area contributed by atoms with Gasteiger partial charge in [0.05, 0.1) is 6.20 Å². The van der Waals surface area contributed by atoms with Gasteiger partial charge in [0.15, 0.2) is 12.4 Å². The molecular weight excluding hydrogens is 342 g/mol. The first-order chi connectivity index (χ1) is 12.3. The standard InChI is InChI=1S/C18H12ClN3O3/c19-14-5-1-12(2-6-14)16-9-20-17(25-16)10-23-15-7-3-13(4-8-15)18-22-21-11-24-18/h1-9,11H,10H2. The first-order valence-corrected chi connectivity index (χ1v) is 7.86. The van der Waals surface area contributed by atoms with E-state index in [1.165, 1.54) is 6.39 Å².